The monoisotopic (exact) mass is 287 g/mol. The van der Waals surface area contributed by atoms with E-state index in [0.717, 1.165) is 5.69 Å². The lowest BCUT2D eigenvalue weighted by Crippen LogP contribution is -2.40. The van der Waals surface area contributed by atoms with Crippen LogP contribution >= 0.6 is 0 Å². The zero-order valence-electron chi connectivity index (χ0n) is 11.5. The molecule has 2 aromatic heterocycles. The Labute approximate surface area is 120 Å². The molecule has 3 rings (SSSR count). The molecule has 3 heterocycles. The fourth-order valence-electron chi connectivity index (χ4n) is 2.42. The quantitative estimate of drug-likeness (QED) is 0.810. The summed E-state index contributed by atoms with van der Waals surface area (Å²) in [5, 5.41) is 14.4. The van der Waals surface area contributed by atoms with Crippen molar-refractivity contribution < 1.29 is 14.5 Å². The van der Waals surface area contributed by atoms with Crippen molar-refractivity contribution in [1.29, 1.82) is 0 Å². The van der Waals surface area contributed by atoms with Gasteiger partial charge in [0, 0.05) is 17.8 Å². The Balaban J connectivity index is 2.09. The highest BCUT2D eigenvalue weighted by molar-refractivity contribution is 5.78. The summed E-state index contributed by atoms with van der Waals surface area (Å²) >= 11 is 0. The first-order valence-electron chi connectivity index (χ1n) is 6.59. The summed E-state index contributed by atoms with van der Waals surface area (Å²) in [6, 6.07) is 5.19. The molecule has 2 N–H and O–H groups in total. The summed E-state index contributed by atoms with van der Waals surface area (Å²) in [6.07, 6.45) is 1.78. The summed E-state index contributed by atoms with van der Waals surface area (Å²) in [6.45, 7) is 5.99. The highest BCUT2D eigenvalue weighted by atomic mass is 16.5. The lowest BCUT2D eigenvalue weighted by molar-refractivity contribution is -0.395. The summed E-state index contributed by atoms with van der Waals surface area (Å²) in [4.78, 5) is 15.4. The topological polar surface area (TPSA) is 96.1 Å². The number of tetrazole rings is 1. The van der Waals surface area contributed by atoms with Crippen LogP contribution in [0.25, 0.3) is 0 Å². The fourth-order valence-corrected chi connectivity index (χ4v) is 2.42. The normalized spacial score (nSPS) is 20.5. The second-order valence-electron chi connectivity index (χ2n) is 4.59. The maximum absolute atomic E-state index is 12.3. The van der Waals surface area contributed by atoms with E-state index in [1.165, 1.54) is 0 Å². The van der Waals surface area contributed by atoms with Gasteiger partial charge in [0.2, 0.25) is 11.6 Å². The predicted octanol–water partition coefficient (Wildman–Crippen LogP) is 0.195. The largest absolute Gasteiger partial charge is 0.465 e. The molecule has 108 valence electrons. The van der Waals surface area contributed by atoms with E-state index >= 15 is 0 Å². The van der Waals surface area contributed by atoms with Gasteiger partial charge in [-0.3, -0.25) is 4.79 Å². The zero-order valence-corrected chi connectivity index (χ0v) is 11.5. The maximum atomic E-state index is 12.3. The van der Waals surface area contributed by atoms with Gasteiger partial charge in [0.25, 0.3) is 0 Å². The molecule has 2 unspecified atom stereocenters. The van der Waals surface area contributed by atoms with Crippen molar-refractivity contribution in [3.05, 3.63) is 42.4 Å². The number of nitrogens with one attached hydrogen (secondary N) is 2. The van der Waals surface area contributed by atoms with Crippen molar-refractivity contribution in [3.8, 4) is 0 Å². The second kappa shape index (κ2) is 5.31. The third-order valence-electron chi connectivity index (χ3n) is 3.31. The van der Waals surface area contributed by atoms with E-state index in [9.17, 15) is 4.79 Å². The minimum Gasteiger partial charge on any atom is -0.465 e. The number of carbonyl (C=O) groups excluding carboxylic acids is 1. The summed E-state index contributed by atoms with van der Waals surface area (Å²) in [5.41, 5.74) is 1.31. The molecule has 2 atom stereocenters. The molecular formula is C13H15N6O2+. The molecule has 0 saturated heterocycles. The minimum atomic E-state index is -0.611. The molecule has 1 aliphatic heterocycles. The standard InChI is InChI=1S/C13H14N6O2/c1-3-21-12(20)10-8(2)15-13-16-17-18-19(13)11(10)9-6-4-5-7-14-9/h4-7,10-11H,2-3H2,1H3,(H,15,16,18)/p+1. The van der Waals surface area contributed by atoms with E-state index in [2.05, 4.69) is 32.4 Å². The lowest BCUT2D eigenvalue weighted by atomic mass is 9.92. The number of fused-ring (bicyclic) bond motifs is 1. The van der Waals surface area contributed by atoms with Crippen LogP contribution in [0.4, 0.5) is 5.95 Å². The van der Waals surface area contributed by atoms with Gasteiger partial charge in [0.1, 0.15) is 5.92 Å². The van der Waals surface area contributed by atoms with E-state index in [4.69, 9.17) is 4.74 Å². The molecule has 0 aromatic carbocycles. The van der Waals surface area contributed by atoms with Crippen LogP contribution in [0.3, 0.4) is 0 Å². The SMILES string of the molecule is C=C1Nc2nnnn2C(c2cccc[nH+]2)C1C(=O)OCC. The maximum Gasteiger partial charge on any atom is 0.317 e. The number of hydrogen-bond donors (Lipinski definition) is 1. The number of aromatic amines is 1. The summed E-state index contributed by atoms with van der Waals surface area (Å²) < 4.78 is 6.72. The highest BCUT2D eigenvalue weighted by Gasteiger charge is 2.43. The molecule has 8 heteroatoms. The van der Waals surface area contributed by atoms with Crippen molar-refractivity contribution >= 4 is 11.9 Å². The molecule has 0 radical (unpaired) electrons. The van der Waals surface area contributed by atoms with Gasteiger partial charge in [0.05, 0.1) is 6.61 Å². The van der Waals surface area contributed by atoms with Gasteiger partial charge in [-0.1, -0.05) is 17.7 Å². The number of H-pyrrole nitrogens is 1. The van der Waals surface area contributed by atoms with Crippen molar-refractivity contribution in [2.24, 2.45) is 5.92 Å². The Morgan fingerprint density at radius 1 is 1.57 bits per heavy atom. The zero-order chi connectivity index (χ0) is 14.8. The lowest BCUT2D eigenvalue weighted by Gasteiger charge is -2.29. The summed E-state index contributed by atoms with van der Waals surface area (Å²) in [5.74, 6) is -0.527. The van der Waals surface area contributed by atoms with Gasteiger partial charge in [-0.15, -0.1) is 0 Å². The molecule has 0 amide bonds. The number of rotatable bonds is 3. The van der Waals surface area contributed by atoms with Crippen LogP contribution in [0.15, 0.2) is 36.7 Å². The number of ether oxygens (including phenoxy) is 1. The molecule has 0 aliphatic carbocycles. The van der Waals surface area contributed by atoms with E-state index in [1.807, 2.05) is 18.2 Å². The average Bonchev–Trinajstić information content (AvgIpc) is 2.94. The smallest absolute Gasteiger partial charge is 0.317 e. The van der Waals surface area contributed by atoms with Crippen LogP contribution in [0.1, 0.15) is 18.7 Å². The van der Waals surface area contributed by atoms with Gasteiger partial charge in [-0.05, 0) is 17.4 Å². The number of hydrogen-bond acceptors (Lipinski definition) is 6. The Bertz CT molecular complexity index is 668. The number of esters is 1. The van der Waals surface area contributed by atoms with Gasteiger partial charge >= 0.3 is 5.97 Å². The molecular weight excluding hydrogens is 272 g/mol. The van der Waals surface area contributed by atoms with Crippen molar-refractivity contribution in [3.63, 3.8) is 0 Å². The van der Waals surface area contributed by atoms with E-state index in [1.54, 1.807) is 17.8 Å². The molecule has 21 heavy (non-hydrogen) atoms. The number of nitrogens with zero attached hydrogens (tertiary/aromatic N) is 4. The van der Waals surface area contributed by atoms with Gasteiger partial charge in [-0.2, -0.15) is 4.68 Å². The highest BCUT2D eigenvalue weighted by Crippen LogP contribution is 2.35. The number of aromatic nitrogens is 5. The molecule has 1 aliphatic rings. The van der Waals surface area contributed by atoms with E-state index in [-0.39, 0.29) is 5.97 Å². The molecule has 0 fully saturated rings. The Hall–Kier alpha value is -2.77. The van der Waals surface area contributed by atoms with Crippen LogP contribution in [0, 0.1) is 5.92 Å². The van der Waals surface area contributed by atoms with Crippen molar-refractivity contribution in [2.45, 2.75) is 13.0 Å². The molecule has 0 saturated carbocycles. The van der Waals surface area contributed by atoms with Crippen LogP contribution < -0.4 is 10.3 Å². The third kappa shape index (κ3) is 2.24. The molecule has 2 aromatic rings. The number of pyridine rings is 1. The van der Waals surface area contributed by atoms with Crippen LogP contribution in [-0.2, 0) is 9.53 Å². The number of anilines is 1. The number of carbonyl (C=O) groups is 1. The molecule has 8 nitrogen and oxygen atoms in total. The Morgan fingerprint density at radius 2 is 2.43 bits per heavy atom. The van der Waals surface area contributed by atoms with E-state index < -0.39 is 12.0 Å². The summed E-state index contributed by atoms with van der Waals surface area (Å²) in [7, 11) is 0. The van der Waals surface area contributed by atoms with E-state index in [0.29, 0.717) is 18.3 Å². The first-order valence-corrected chi connectivity index (χ1v) is 6.59. The Kier molecular flexibility index (Phi) is 3.35. The van der Waals surface area contributed by atoms with Crippen molar-refractivity contribution in [2.75, 3.05) is 11.9 Å². The predicted molar refractivity (Wildman–Crippen MR) is 71.8 cm³/mol. The second-order valence-corrected chi connectivity index (χ2v) is 4.59. The molecule has 0 spiro atoms. The fraction of sp³-hybridized carbons (Fsp3) is 0.308. The Morgan fingerprint density at radius 3 is 3.14 bits per heavy atom. The van der Waals surface area contributed by atoms with Gasteiger partial charge in [-0.25, -0.2) is 4.98 Å². The first-order chi connectivity index (χ1) is 10.2. The van der Waals surface area contributed by atoms with Gasteiger partial charge in [0.15, 0.2) is 12.2 Å². The van der Waals surface area contributed by atoms with Crippen molar-refractivity contribution in [1.82, 2.24) is 20.2 Å². The van der Waals surface area contributed by atoms with Crippen LogP contribution in [-0.4, -0.2) is 32.8 Å². The van der Waals surface area contributed by atoms with Crippen LogP contribution in [0.5, 0.6) is 0 Å². The molecule has 0 bridgehead atoms. The average molecular weight is 287 g/mol. The third-order valence-corrected chi connectivity index (χ3v) is 3.31. The minimum absolute atomic E-state index is 0.302. The van der Waals surface area contributed by atoms with Crippen LogP contribution in [0.2, 0.25) is 0 Å². The first kappa shape index (κ1) is 13.2. The van der Waals surface area contributed by atoms with Gasteiger partial charge < -0.3 is 10.1 Å².